The number of hydrogen-bond donors (Lipinski definition) is 0. The summed E-state index contributed by atoms with van der Waals surface area (Å²) >= 11 is 0. The molecule has 1 aromatic rings. The van der Waals surface area contributed by atoms with Crippen LogP contribution in [0.4, 0.5) is 0 Å². The number of nitrogens with zero attached hydrogens (tertiary/aromatic N) is 1. The number of hydrogen-bond acceptors (Lipinski definition) is 1. The van der Waals surface area contributed by atoms with Gasteiger partial charge in [-0.05, 0) is 19.7 Å². The van der Waals surface area contributed by atoms with Crippen molar-refractivity contribution >= 4 is 13.3 Å². The lowest BCUT2D eigenvalue weighted by Gasteiger charge is -2.09. The minimum Gasteiger partial charge on any atom is -0.305 e. The summed E-state index contributed by atoms with van der Waals surface area (Å²) in [6.45, 7) is 0.972. The summed E-state index contributed by atoms with van der Waals surface area (Å²) in [6, 6.07) is 7.96. The van der Waals surface area contributed by atoms with E-state index in [-0.39, 0.29) is 0 Å². The van der Waals surface area contributed by atoms with Crippen molar-refractivity contribution < 1.29 is 0 Å². The lowest BCUT2D eigenvalue weighted by Crippen LogP contribution is -2.11. The second kappa shape index (κ2) is 3.58. The maximum atomic E-state index is 5.54. The first-order valence-corrected chi connectivity index (χ1v) is 3.67. The van der Waals surface area contributed by atoms with Crippen molar-refractivity contribution in [2.24, 2.45) is 0 Å². The van der Waals surface area contributed by atoms with Gasteiger partial charge in [-0.15, -0.1) is 0 Å². The molecular formula is C9H12BN. The van der Waals surface area contributed by atoms with Gasteiger partial charge in [0.1, 0.15) is 7.85 Å². The van der Waals surface area contributed by atoms with Gasteiger partial charge >= 0.3 is 0 Å². The van der Waals surface area contributed by atoms with Crippen LogP contribution < -0.4 is 5.46 Å². The Morgan fingerprint density at radius 3 is 2.18 bits per heavy atom. The lowest BCUT2D eigenvalue weighted by atomic mass is 9.95. The zero-order chi connectivity index (χ0) is 8.27. The quantitative estimate of drug-likeness (QED) is 0.549. The first-order valence-electron chi connectivity index (χ1n) is 3.67. The molecule has 0 saturated heterocycles. The predicted octanol–water partition coefficient (Wildman–Crippen LogP) is 0.542. The van der Waals surface area contributed by atoms with E-state index in [0.29, 0.717) is 0 Å². The van der Waals surface area contributed by atoms with Crippen LogP contribution in [-0.2, 0) is 6.54 Å². The van der Waals surface area contributed by atoms with Crippen molar-refractivity contribution in [1.29, 1.82) is 0 Å². The summed E-state index contributed by atoms with van der Waals surface area (Å²) in [5.41, 5.74) is 2.12. The highest BCUT2D eigenvalue weighted by Gasteiger charge is 1.92. The molecular weight excluding hydrogens is 133 g/mol. The Kier molecular flexibility index (Phi) is 2.72. The molecule has 0 saturated carbocycles. The zero-order valence-electron chi connectivity index (χ0n) is 7.04. The Morgan fingerprint density at radius 1 is 1.18 bits per heavy atom. The number of rotatable bonds is 2. The van der Waals surface area contributed by atoms with E-state index in [1.807, 2.05) is 12.1 Å². The van der Waals surface area contributed by atoms with E-state index in [1.165, 1.54) is 5.56 Å². The van der Waals surface area contributed by atoms with Gasteiger partial charge in [0.15, 0.2) is 0 Å². The van der Waals surface area contributed by atoms with Crippen molar-refractivity contribution in [3.63, 3.8) is 0 Å². The summed E-state index contributed by atoms with van der Waals surface area (Å²) in [5.74, 6) is 0. The summed E-state index contributed by atoms with van der Waals surface area (Å²) in [4.78, 5) is 2.13. The Hall–Kier alpha value is -0.755. The molecule has 0 spiro atoms. The Balaban J connectivity index is 2.66. The van der Waals surface area contributed by atoms with E-state index in [2.05, 4.69) is 31.1 Å². The Morgan fingerprint density at radius 2 is 1.73 bits per heavy atom. The minimum atomic E-state index is 0.826. The molecule has 0 bridgehead atoms. The second-order valence-electron chi connectivity index (χ2n) is 2.98. The summed E-state index contributed by atoms with van der Waals surface area (Å²) in [6.07, 6.45) is 0. The molecule has 0 atom stereocenters. The maximum Gasteiger partial charge on any atom is 0.113 e. The van der Waals surface area contributed by atoms with Crippen LogP contribution in [0.15, 0.2) is 24.3 Å². The molecule has 0 aromatic heterocycles. The molecule has 0 aliphatic rings. The highest BCUT2D eigenvalue weighted by molar-refractivity contribution is 6.32. The third-order valence-corrected chi connectivity index (χ3v) is 1.48. The van der Waals surface area contributed by atoms with E-state index in [9.17, 15) is 0 Å². The van der Waals surface area contributed by atoms with Crippen LogP contribution in [0, 0.1) is 0 Å². The highest BCUT2D eigenvalue weighted by Crippen LogP contribution is 1.98. The van der Waals surface area contributed by atoms with E-state index >= 15 is 0 Å². The molecule has 1 aromatic carbocycles. The molecule has 0 unspecified atom stereocenters. The SMILES string of the molecule is [B]c1ccc(CN(C)C)cc1. The Bertz CT molecular complexity index is 216. The van der Waals surface area contributed by atoms with Gasteiger partial charge < -0.3 is 4.90 Å². The van der Waals surface area contributed by atoms with Crippen LogP contribution in [0.25, 0.3) is 0 Å². The van der Waals surface area contributed by atoms with Gasteiger partial charge in [0.25, 0.3) is 0 Å². The molecule has 1 rings (SSSR count). The standard InChI is InChI=1S/C9H12BN/c1-11(2)7-8-3-5-9(10)6-4-8/h3-6H,7H2,1-2H3. The molecule has 0 amide bonds. The summed E-state index contributed by atoms with van der Waals surface area (Å²) in [5, 5.41) is 0. The average Bonchev–Trinajstić information content (AvgIpc) is 1.93. The smallest absolute Gasteiger partial charge is 0.113 e. The zero-order valence-corrected chi connectivity index (χ0v) is 7.04. The first kappa shape index (κ1) is 8.34. The molecule has 0 heterocycles. The van der Waals surface area contributed by atoms with Gasteiger partial charge in [0, 0.05) is 6.54 Å². The predicted molar refractivity (Wildman–Crippen MR) is 49.2 cm³/mol. The van der Waals surface area contributed by atoms with Crippen molar-refractivity contribution in [3.8, 4) is 0 Å². The molecule has 2 radical (unpaired) electrons. The molecule has 56 valence electrons. The van der Waals surface area contributed by atoms with E-state index in [1.54, 1.807) is 0 Å². The van der Waals surface area contributed by atoms with Crippen LogP contribution in [0.2, 0.25) is 0 Å². The van der Waals surface area contributed by atoms with Crippen LogP contribution >= 0.6 is 0 Å². The lowest BCUT2D eigenvalue weighted by molar-refractivity contribution is 0.402. The third-order valence-electron chi connectivity index (χ3n) is 1.48. The van der Waals surface area contributed by atoms with Crippen molar-refractivity contribution in [2.75, 3.05) is 14.1 Å². The second-order valence-corrected chi connectivity index (χ2v) is 2.98. The van der Waals surface area contributed by atoms with Crippen LogP contribution in [0.5, 0.6) is 0 Å². The molecule has 0 aliphatic carbocycles. The molecule has 0 fully saturated rings. The largest absolute Gasteiger partial charge is 0.305 e. The van der Waals surface area contributed by atoms with Gasteiger partial charge in [0.2, 0.25) is 0 Å². The fourth-order valence-electron chi connectivity index (χ4n) is 0.988. The minimum absolute atomic E-state index is 0.826. The summed E-state index contributed by atoms with van der Waals surface area (Å²) < 4.78 is 0. The van der Waals surface area contributed by atoms with Gasteiger partial charge in [-0.2, -0.15) is 0 Å². The molecule has 11 heavy (non-hydrogen) atoms. The van der Waals surface area contributed by atoms with Gasteiger partial charge in [0.05, 0.1) is 0 Å². The molecule has 0 aliphatic heterocycles. The fraction of sp³-hybridized carbons (Fsp3) is 0.333. The monoisotopic (exact) mass is 145 g/mol. The van der Waals surface area contributed by atoms with E-state index in [0.717, 1.165) is 12.0 Å². The van der Waals surface area contributed by atoms with E-state index in [4.69, 9.17) is 7.85 Å². The first-order chi connectivity index (χ1) is 5.18. The van der Waals surface area contributed by atoms with Crippen LogP contribution in [-0.4, -0.2) is 26.8 Å². The topological polar surface area (TPSA) is 3.24 Å². The van der Waals surface area contributed by atoms with Crippen molar-refractivity contribution in [3.05, 3.63) is 29.8 Å². The summed E-state index contributed by atoms with van der Waals surface area (Å²) in [7, 11) is 9.65. The fourth-order valence-corrected chi connectivity index (χ4v) is 0.988. The van der Waals surface area contributed by atoms with Gasteiger partial charge in [-0.3, -0.25) is 0 Å². The molecule has 2 heteroatoms. The Labute approximate surface area is 69.4 Å². The van der Waals surface area contributed by atoms with Crippen LogP contribution in [0.3, 0.4) is 0 Å². The van der Waals surface area contributed by atoms with Gasteiger partial charge in [-0.25, -0.2) is 0 Å². The highest BCUT2D eigenvalue weighted by atomic mass is 15.0. The molecule has 1 nitrogen and oxygen atoms in total. The molecule has 0 N–H and O–H groups in total. The van der Waals surface area contributed by atoms with Gasteiger partial charge in [-0.1, -0.05) is 29.7 Å². The van der Waals surface area contributed by atoms with Crippen LogP contribution in [0.1, 0.15) is 5.56 Å². The third kappa shape index (κ3) is 2.77. The number of benzene rings is 1. The van der Waals surface area contributed by atoms with Crippen molar-refractivity contribution in [1.82, 2.24) is 4.90 Å². The van der Waals surface area contributed by atoms with E-state index < -0.39 is 0 Å². The van der Waals surface area contributed by atoms with Crippen molar-refractivity contribution in [2.45, 2.75) is 6.54 Å². The normalized spacial score (nSPS) is 10.5. The maximum absolute atomic E-state index is 5.54. The average molecular weight is 145 g/mol.